The van der Waals surface area contributed by atoms with E-state index in [0.717, 1.165) is 10.6 Å². The van der Waals surface area contributed by atoms with Gasteiger partial charge in [-0.1, -0.05) is 42.5 Å². The van der Waals surface area contributed by atoms with Crippen LogP contribution in [0.5, 0.6) is 0 Å². The molecule has 0 unspecified atom stereocenters. The van der Waals surface area contributed by atoms with Crippen molar-refractivity contribution < 1.29 is 14.0 Å². The van der Waals surface area contributed by atoms with Crippen molar-refractivity contribution in [2.75, 3.05) is 29.2 Å². The van der Waals surface area contributed by atoms with Crippen LogP contribution in [0.3, 0.4) is 0 Å². The third-order valence-electron chi connectivity index (χ3n) is 4.84. The Kier molecular flexibility index (Phi) is 5.06. The fourth-order valence-corrected chi connectivity index (χ4v) is 3.37. The molecule has 6 heteroatoms. The molecule has 0 radical (unpaired) electrons. The van der Waals surface area contributed by atoms with Crippen molar-refractivity contribution in [2.45, 2.75) is 0 Å². The third-order valence-corrected chi connectivity index (χ3v) is 4.84. The molecule has 1 N–H and O–H groups in total. The van der Waals surface area contributed by atoms with Gasteiger partial charge in [0.05, 0.1) is 11.3 Å². The van der Waals surface area contributed by atoms with Gasteiger partial charge in [0.2, 0.25) is 0 Å². The van der Waals surface area contributed by atoms with Crippen molar-refractivity contribution in [1.82, 2.24) is 0 Å². The number of hydrogen-bond donors (Lipinski definition) is 1. The quantitative estimate of drug-likeness (QED) is 0.648. The summed E-state index contributed by atoms with van der Waals surface area (Å²) in [5, 5.41) is 2.96. The minimum Gasteiger partial charge on any atom is -0.378 e. The minimum atomic E-state index is -0.487. The van der Waals surface area contributed by atoms with Crippen LogP contribution in [-0.4, -0.2) is 25.9 Å². The maximum Gasteiger partial charge on any atom is 0.282 e. The van der Waals surface area contributed by atoms with Crippen LogP contribution in [0.1, 0.15) is 5.56 Å². The molecule has 0 saturated heterocycles. The monoisotopic (exact) mass is 401 g/mol. The van der Waals surface area contributed by atoms with Gasteiger partial charge in [-0.25, -0.2) is 9.29 Å². The van der Waals surface area contributed by atoms with Crippen LogP contribution in [0.4, 0.5) is 21.5 Å². The zero-order chi connectivity index (χ0) is 21.3. The van der Waals surface area contributed by atoms with Gasteiger partial charge in [0.1, 0.15) is 11.5 Å². The molecule has 0 spiro atoms. The summed E-state index contributed by atoms with van der Waals surface area (Å²) in [4.78, 5) is 29.8. The number of carbonyl (C=O) groups is 2. The van der Waals surface area contributed by atoms with Gasteiger partial charge < -0.3 is 10.2 Å². The van der Waals surface area contributed by atoms with Crippen LogP contribution in [0.15, 0.2) is 84.6 Å². The molecule has 5 nitrogen and oxygen atoms in total. The minimum absolute atomic E-state index is 0.118. The lowest BCUT2D eigenvalue weighted by molar-refractivity contribution is -0.120. The molecule has 1 aliphatic heterocycles. The third kappa shape index (κ3) is 3.55. The first-order chi connectivity index (χ1) is 14.5. The number of amides is 2. The van der Waals surface area contributed by atoms with Crippen molar-refractivity contribution in [1.29, 1.82) is 0 Å². The standard InChI is InChI=1S/C24H20FN3O2/c1-27(2)19-12-7-13-20(15-19)28-23(29)21(16-8-4-3-5-9-16)22(24(28)30)26-18-11-6-10-17(25)14-18/h3-15,26H,1-2H3. The number of carbonyl (C=O) groups excluding carboxylic acids is 2. The Morgan fingerprint density at radius 1 is 0.833 bits per heavy atom. The zero-order valence-electron chi connectivity index (χ0n) is 16.6. The number of imide groups is 1. The smallest absolute Gasteiger partial charge is 0.282 e. The predicted molar refractivity (Wildman–Crippen MR) is 117 cm³/mol. The van der Waals surface area contributed by atoms with E-state index in [-0.39, 0.29) is 11.3 Å². The molecule has 3 aromatic rings. The summed E-state index contributed by atoms with van der Waals surface area (Å²) >= 11 is 0. The van der Waals surface area contributed by atoms with Gasteiger partial charge in [-0.05, 0) is 42.0 Å². The topological polar surface area (TPSA) is 52.6 Å². The second-order valence-corrected chi connectivity index (χ2v) is 7.11. The Labute approximate surface area is 174 Å². The van der Waals surface area contributed by atoms with Crippen molar-refractivity contribution in [2.24, 2.45) is 0 Å². The normalized spacial score (nSPS) is 13.8. The molecule has 1 aliphatic rings. The Balaban J connectivity index is 1.81. The van der Waals surface area contributed by atoms with Crippen LogP contribution >= 0.6 is 0 Å². The van der Waals surface area contributed by atoms with Gasteiger partial charge in [0.25, 0.3) is 11.8 Å². The van der Waals surface area contributed by atoms with Crippen molar-refractivity contribution >= 4 is 34.4 Å². The van der Waals surface area contributed by atoms with E-state index < -0.39 is 17.6 Å². The predicted octanol–water partition coefficient (Wildman–Crippen LogP) is 4.29. The van der Waals surface area contributed by atoms with Crippen LogP contribution in [-0.2, 0) is 9.59 Å². The largest absolute Gasteiger partial charge is 0.378 e. The highest BCUT2D eigenvalue weighted by Gasteiger charge is 2.40. The molecular weight excluding hydrogens is 381 g/mol. The number of nitrogens with zero attached hydrogens (tertiary/aromatic N) is 2. The number of hydrogen-bond acceptors (Lipinski definition) is 4. The molecule has 30 heavy (non-hydrogen) atoms. The molecule has 0 atom stereocenters. The van der Waals surface area contributed by atoms with E-state index in [0.29, 0.717) is 16.9 Å². The first-order valence-electron chi connectivity index (χ1n) is 9.44. The first kappa shape index (κ1) is 19.4. The average molecular weight is 401 g/mol. The molecule has 0 aliphatic carbocycles. The van der Waals surface area contributed by atoms with E-state index in [2.05, 4.69) is 5.32 Å². The fourth-order valence-electron chi connectivity index (χ4n) is 3.37. The van der Waals surface area contributed by atoms with E-state index >= 15 is 0 Å². The summed E-state index contributed by atoms with van der Waals surface area (Å²) in [5.74, 6) is -1.35. The summed E-state index contributed by atoms with van der Waals surface area (Å²) < 4.78 is 13.7. The highest BCUT2D eigenvalue weighted by Crippen LogP contribution is 2.34. The molecule has 0 fully saturated rings. The lowest BCUT2D eigenvalue weighted by Crippen LogP contribution is -2.32. The Hall–Kier alpha value is -3.93. The molecule has 3 aromatic carbocycles. The van der Waals surface area contributed by atoms with Crippen LogP contribution in [0, 0.1) is 5.82 Å². The summed E-state index contributed by atoms with van der Waals surface area (Å²) in [5.41, 5.74) is 2.71. The summed E-state index contributed by atoms with van der Waals surface area (Å²) in [7, 11) is 3.77. The molecule has 1 heterocycles. The Morgan fingerprint density at radius 3 is 2.27 bits per heavy atom. The van der Waals surface area contributed by atoms with E-state index in [1.807, 2.05) is 31.1 Å². The van der Waals surface area contributed by atoms with Gasteiger partial charge in [-0.2, -0.15) is 0 Å². The zero-order valence-corrected chi connectivity index (χ0v) is 16.6. The summed E-state index contributed by atoms with van der Waals surface area (Å²) in [6.45, 7) is 0. The van der Waals surface area contributed by atoms with E-state index in [1.54, 1.807) is 54.6 Å². The van der Waals surface area contributed by atoms with E-state index in [4.69, 9.17) is 0 Å². The highest BCUT2D eigenvalue weighted by molar-refractivity contribution is 6.46. The number of halogens is 1. The maximum atomic E-state index is 13.7. The van der Waals surface area contributed by atoms with Crippen LogP contribution < -0.4 is 15.1 Å². The summed E-state index contributed by atoms with van der Waals surface area (Å²) in [6, 6.07) is 22.0. The van der Waals surface area contributed by atoms with E-state index in [9.17, 15) is 14.0 Å². The van der Waals surface area contributed by atoms with Crippen molar-refractivity contribution in [3.8, 4) is 0 Å². The second kappa shape index (κ2) is 7.83. The van der Waals surface area contributed by atoms with Crippen LogP contribution in [0.2, 0.25) is 0 Å². The maximum absolute atomic E-state index is 13.7. The molecule has 0 bridgehead atoms. The van der Waals surface area contributed by atoms with Gasteiger partial charge in [-0.15, -0.1) is 0 Å². The summed E-state index contributed by atoms with van der Waals surface area (Å²) in [6.07, 6.45) is 0. The molecule has 0 saturated carbocycles. The van der Waals surface area contributed by atoms with Gasteiger partial charge >= 0.3 is 0 Å². The van der Waals surface area contributed by atoms with Gasteiger partial charge in [0.15, 0.2) is 0 Å². The highest BCUT2D eigenvalue weighted by atomic mass is 19.1. The SMILES string of the molecule is CN(C)c1cccc(N2C(=O)C(Nc3cccc(F)c3)=C(c3ccccc3)C2=O)c1. The lowest BCUT2D eigenvalue weighted by Gasteiger charge is -2.19. The van der Waals surface area contributed by atoms with Gasteiger partial charge in [-0.3, -0.25) is 9.59 Å². The molecule has 150 valence electrons. The van der Waals surface area contributed by atoms with Crippen molar-refractivity contribution in [3.05, 3.63) is 95.9 Å². The molecule has 2 amide bonds. The number of rotatable bonds is 5. The Bertz CT molecular complexity index is 1160. The molecule has 4 rings (SSSR count). The first-order valence-corrected chi connectivity index (χ1v) is 9.44. The number of nitrogens with one attached hydrogen (secondary N) is 1. The number of anilines is 3. The van der Waals surface area contributed by atoms with Crippen molar-refractivity contribution in [3.63, 3.8) is 0 Å². The fraction of sp³-hybridized carbons (Fsp3) is 0.0833. The average Bonchev–Trinajstić information content (AvgIpc) is 2.98. The van der Waals surface area contributed by atoms with E-state index in [1.165, 1.54) is 12.1 Å². The second-order valence-electron chi connectivity index (χ2n) is 7.11. The molecular formula is C24H20FN3O2. The Morgan fingerprint density at radius 2 is 1.57 bits per heavy atom. The molecule has 0 aromatic heterocycles. The lowest BCUT2D eigenvalue weighted by atomic mass is 10.0. The van der Waals surface area contributed by atoms with Gasteiger partial charge in [0, 0.05) is 25.5 Å². The van der Waals surface area contributed by atoms with Crippen LogP contribution in [0.25, 0.3) is 5.57 Å². The number of benzene rings is 3.